The predicted octanol–water partition coefficient (Wildman–Crippen LogP) is 3.27. The number of anilines is 1. The lowest BCUT2D eigenvalue weighted by Crippen LogP contribution is -2.22. The molecule has 0 bridgehead atoms. The van der Waals surface area contributed by atoms with Gasteiger partial charge in [-0.25, -0.2) is 8.42 Å². The molecule has 0 radical (unpaired) electrons. The van der Waals surface area contributed by atoms with Crippen molar-refractivity contribution in [3.8, 4) is 11.5 Å². The molecule has 150 valence electrons. The number of carbonyl (C=O) groups excluding carboxylic acids is 1. The minimum Gasteiger partial charge on any atom is -0.550 e. The summed E-state index contributed by atoms with van der Waals surface area (Å²) in [6.07, 6.45) is 0.164. The van der Waals surface area contributed by atoms with Crippen molar-refractivity contribution in [1.82, 2.24) is 0 Å². The standard InChI is InChI=1S/C22H21NO5S/c1-16-5-4-6-18(15-16)28-21-8-3-2-7-20(21)23-29(26,27)19-12-9-17(10-13-19)11-14-22(24)25/h2-10,12-13,15,23H,11,14H2,1H3,(H,24,25)/p-1. The van der Waals surface area contributed by atoms with Crippen molar-refractivity contribution in [1.29, 1.82) is 0 Å². The van der Waals surface area contributed by atoms with E-state index in [-0.39, 0.29) is 17.7 Å². The molecule has 29 heavy (non-hydrogen) atoms. The van der Waals surface area contributed by atoms with Crippen LogP contribution < -0.4 is 14.6 Å². The predicted molar refractivity (Wildman–Crippen MR) is 108 cm³/mol. The van der Waals surface area contributed by atoms with Gasteiger partial charge in [-0.2, -0.15) is 0 Å². The number of nitrogens with one attached hydrogen (secondary N) is 1. The molecule has 0 saturated heterocycles. The van der Waals surface area contributed by atoms with Crippen LogP contribution in [0.5, 0.6) is 11.5 Å². The van der Waals surface area contributed by atoms with Crippen LogP contribution >= 0.6 is 0 Å². The van der Waals surface area contributed by atoms with E-state index in [2.05, 4.69) is 4.72 Å². The Morgan fingerprint density at radius 2 is 1.72 bits per heavy atom. The third-order valence-electron chi connectivity index (χ3n) is 4.20. The van der Waals surface area contributed by atoms with Crippen molar-refractivity contribution in [2.75, 3.05) is 4.72 Å². The highest BCUT2D eigenvalue weighted by Crippen LogP contribution is 2.31. The molecule has 0 saturated carbocycles. The van der Waals surface area contributed by atoms with Gasteiger partial charge in [-0.3, -0.25) is 4.72 Å². The number of para-hydroxylation sites is 2. The van der Waals surface area contributed by atoms with Gasteiger partial charge in [0.25, 0.3) is 10.0 Å². The minimum absolute atomic E-state index is 0.0695. The van der Waals surface area contributed by atoms with Crippen LogP contribution in [0, 0.1) is 6.92 Å². The van der Waals surface area contributed by atoms with E-state index in [1.54, 1.807) is 42.5 Å². The summed E-state index contributed by atoms with van der Waals surface area (Å²) >= 11 is 0. The summed E-state index contributed by atoms with van der Waals surface area (Å²) in [6.45, 7) is 1.94. The third-order valence-corrected chi connectivity index (χ3v) is 5.58. The Morgan fingerprint density at radius 1 is 1.00 bits per heavy atom. The van der Waals surface area contributed by atoms with Crippen LogP contribution in [-0.4, -0.2) is 14.4 Å². The molecule has 0 heterocycles. The highest BCUT2D eigenvalue weighted by atomic mass is 32.2. The highest BCUT2D eigenvalue weighted by molar-refractivity contribution is 7.92. The smallest absolute Gasteiger partial charge is 0.262 e. The van der Waals surface area contributed by atoms with Crippen LogP contribution in [0.2, 0.25) is 0 Å². The fourth-order valence-electron chi connectivity index (χ4n) is 2.73. The number of carboxylic acids is 1. The van der Waals surface area contributed by atoms with Gasteiger partial charge in [0.2, 0.25) is 0 Å². The zero-order chi connectivity index (χ0) is 20.9. The first-order valence-corrected chi connectivity index (χ1v) is 10.5. The Bertz CT molecular complexity index is 1110. The maximum atomic E-state index is 12.8. The molecule has 0 atom stereocenters. The van der Waals surface area contributed by atoms with E-state index in [0.717, 1.165) is 11.1 Å². The van der Waals surface area contributed by atoms with E-state index in [1.165, 1.54) is 12.1 Å². The molecule has 0 aliphatic heterocycles. The molecule has 0 unspecified atom stereocenters. The molecular weight excluding hydrogens is 390 g/mol. The summed E-state index contributed by atoms with van der Waals surface area (Å²) in [5.41, 5.74) is 2.06. The number of sulfonamides is 1. The molecule has 7 heteroatoms. The largest absolute Gasteiger partial charge is 0.550 e. The number of benzene rings is 3. The van der Waals surface area contributed by atoms with Crippen LogP contribution in [-0.2, 0) is 21.2 Å². The van der Waals surface area contributed by atoms with Crippen LogP contribution in [0.15, 0.2) is 77.7 Å². The molecule has 0 fully saturated rings. The van der Waals surface area contributed by atoms with Gasteiger partial charge in [0.05, 0.1) is 10.6 Å². The van der Waals surface area contributed by atoms with Crippen LogP contribution in [0.25, 0.3) is 0 Å². The zero-order valence-corrected chi connectivity index (χ0v) is 16.6. The molecule has 0 aliphatic rings. The molecular formula is C22H20NO5S-. The van der Waals surface area contributed by atoms with Gasteiger partial charge in [-0.05, 0) is 67.3 Å². The van der Waals surface area contributed by atoms with Crippen molar-refractivity contribution in [3.05, 3.63) is 83.9 Å². The summed E-state index contributed by atoms with van der Waals surface area (Å²) in [5, 5.41) is 10.6. The molecule has 3 aromatic rings. The normalized spacial score (nSPS) is 11.1. The second kappa shape index (κ2) is 8.79. The van der Waals surface area contributed by atoms with E-state index < -0.39 is 16.0 Å². The second-order valence-corrected chi connectivity index (χ2v) is 8.22. The molecule has 1 N–H and O–H groups in total. The summed E-state index contributed by atoms with van der Waals surface area (Å²) in [5.74, 6) is -0.158. The third kappa shape index (κ3) is 5.58. The first kappa shape index (κ1) is 20.4. The number of aryl methyl sites for hydroxylation is 2. The van der Waals surface area contributed by atoms with Gasteiger partial charge in [0.15, 0.2) is 5.75 Å². The summed E-state index contributed by atoms with van der Waals surface area (Å²) in [4.78, 5) is 10.6. The molecule has 3 rings (SSSR count). The van der Waals surface area contributed by atoms with Gasteiger partial charge < -0.3 is 14.6 Å². The van der Waals surface area contributed by atoms with Crippen molar-refractivity contribution in [2.45, 2.75) is 24.7 Å². The van der Waals surface area contributed by atoms with E-state index in [0.29, 0.717) is 17.2 Å². The molecule has 6 nitrogen and oxygen atoms in total. The van der Waals surface area contributed by atoms with Gasteiger partial charge >= 0.3 is 0 Å². The Kier molecular flexibility index (Phi) is 6.19. The summed E-state index contributed by atoms with van der Waals surface area (Å²) in [6, 6.07) is 20.3. The number of rotatable bonds is 8. The second-order valence-electron chi connectivity index (χ2n) is 6.54. The van der Waals surface area contributed by atoms with Crippen molar-refractivity contribution >= 4 is 21.7 Å². The lowest BCUT2D eigenvalue weighted by molar-refractivity contribution is -0.305. The van der Waals surface area contributed by atoms with E-state index in [4.69, 9.17) is 4.74 Å². The topological polar surface area (TPSA) is 95.5 Å². The number of ether oxygens (including phenoxy) is 1. The quantitative estimate of drug-likeness (QED) is 0.615. The maximum Gasteiger partial charge on any atom is 0.262 e. The van der Waals surface area contributed by atoms with E-state index in [9.17, 15) is 18.3 Å². The van der Waals surface area contributed by atoms with Crippen molar-refractivity contribution in [3.63, 3.8) is 0 Å². The van der Waals surface area contributed by atoms with Crippen LogP contribution in [0.4, 0.5) is 5.69 Å². The summed E-state index contributed by atoms with van der Waals surface area (Å²) < 4.78 is 33.9. The Hall–Kier alpha value is -3.32. The number of carbonyl (C=O) groups is 1. The van der Waals surface area contributed by atoms with Gasteiger partial charge in [0, 0.05) is 5.97 Å². The number of hydrogen-bond donors (Lipinski definition) is 1. The Morgan fingerprint density at radius 3 is 2.41 bits per heavy atom. The fraction of sp³-hybridized carbons (Fsp3) is 0.136. The first-order chi connectivity index (χ1) is 13.8. The SMILES string of the molecule is Cc1cccc(Oc2ccccc2NS(=O)(=O)c2ccc(CCC(=O)[O-])cc2)c1. The zero-order valence-electron chi connectivity index (χ0n) is 15.8. The average Bonchev–Trinajstić information content (AvgIpc) is 2.68. The monoisotopic (exact) mass is 410 g/mol. The average molecular weight is 410 g/mol. The summed E-state index contributed by atoms with van der Waals surface area (Å²) in [7, 11) is -3.84. The van der Waals surface area contributed by atoms with Gasteiger partial charge in [0.1, 0.15) is 5.75 Å². The van der Waals surface area contributed by atoms with Crippen LogP contribution in [0.3, 0.4) is 0 Å². The minimum atomic E-state index is -3.84. The number of hydrogen-bond acceptors (Lipinski definition) is 5. The van der Waals surface area contributed by atoms with E-state index in [1.807, 2.05) is 25.1 Å². The first-order valence-electron chi connectivity index (χ1n) is 8.99. The van der Waals surface area contributed by atoms with Gasteiger partial charge in [-0.15, -0.1) is 0 Å². The Balaban J connectivity index is 1.79. The molecule has 0 aliphatic carbocycles. The maximum absolute atomic E-state index is 12.8. The molecule has 0 spiro atoms. The molecule has 0 aromatic heterocycles. The molecule has 3 aromatic carbocycles. The van der Waals surface area contributed by atoms with Crippen LogP contribution in [0.1, 0.15) is 17.5 Å². The molecule has 0 amide bonds. The lowest BCUT2D eigenvalue weighted by atomic mass is 10.1. The Labute approximate surface area is 169 Å². The van der Waals surface area contributed by atoms with Crippen molar-refractivity contribution < 1.29 is 23.1 Å². The lowest BCUT2D eigenvalue weighted by Gasteiger charge is -2.14. The van der Waals surface area contributed by atoms with E-state index >= 15 is 0 Å². The fourth-order valence-corrected chi connectivity index (χ4v) is 3.80. The van der Waals surface area contributed by atoms with Gasteiger partial charge in [-0.1, -0.05) is 36.4 Å². The highest BCUT2D eigenvalue weighted by Gasteiger charge is 2.17. The van der Waals surface area contributed by atoms with Crippen molar-refractivity contribution in [2.24, 2.45) is 0 Å². The number of carboxylic acid groups (broad SMARTS) is 1. The number of aliphatic carboxylic acids is 1.